The lowest BCUT2D eigenvalue weighted by atomic mass is 10.0. The summed E-state index contributed by atoms with van der Waals surface area (Å²) in [5, 5.41) is 0. The second-order valence-corrected chi connectivity index (χ2v) is 6.63. The molecule has 27 heavy (non-hydrogen) atoms. The molecule has 0 atom stereocenters. The van der Waals surface area contributed by atoms with E-state index < -0.39 is 6.67 Å². The minimum atomic E-state index is -0.682. The van der Waals surface area contributed by atoms with Crippen molar-refractivity contribution >= 4 is 5.69 Å². The zero-order valence-electron chi connectivity index (χ0n) is 17.2. The van der Waals surface area contributed by atoms with E-state index in [0.717, 1.165) is 42.6 Å². The van der Waals surface area contributed by atoms with Gasteiger partial charge in [-0.3, -0.25) is 0 Å². The number of rotatable bonds is 9. The Hall–Kier alpha value is -2.37. The van der Waals surface area contributed by atoms with Gasteiger partial charge in [0.05, 0.1) is 19.8 Å². The molecule has 0 bridgehead atoms. The van der Waals surface area contributed by atoms with E-state index >= 15 is 0 Å². The number of alkyl halides is 1. The SMILES string of the molecule is CCCN(CCC)c1c(CF)nc(-c2c(C)cc(C)cc2OC)nc1OC. The quantitative estimate of drug-likeness (QED) is 0.625. The molecule has 0 unspecified atom stereocenters. The van der Waals surface area contributed by atoms with Crippen LogP contribution in [0.25, 0.3) is 11.4 Å². The van der Waals surface area contributed by atoms with Gasteiger partial charge >= 0.3 is 0 Å². The number of methoxy groups -OCH3 is 2. The summed E-state index contributed by atoms with van der Waals surface area (Å²) in [6.45, 7) is 9.09. The molecule has 2 aromatic rings. The van der Waals surface area contributed by atoms with E-state index in [1.807, 2.05) is 26.0 Å². The largest absolute Gasteiger partial charge is 0.496 e. The molecule has 6 heteroatoms. The Bertz CT molecular complexity index is 749. The van der Waals surface area contributed by atoms with Crippen molar-refractivity contribution in [2.75, 3.05) is 32.2 Å². The van der Waals surface area contributed by atoms with Crippen molar-refractivity contribution in [2.24, 2.45) is 0 Å². The van der Waals surface area contributed by atoms with Crippen molar-refractivity contribution in [2.45, 2.75) is 47.2 Å². The topological polar surface area (TPSA) is 47.5 Å². The van der Waals surface area contributed by atoms with E-state index in [0.29, 0.717) is 28.8 Å². The standard InChI is InChI=1S/C21H30FN3O2/c1-7-9-25(10-8-2)19-16(13-22)23-20(24-21(19)27-6)18-15(4)11-14(3)12-17(18)26-5/h11-12H,7-10,13H2,1-6H3. The zero-order valence-corrected chi connectivity index (χ0v) is 17.2. The first kappa shape index (κ1) is 20.9. The summed E-state index contributed by atoms with van der Waals surface area (Å²) in [6, 6.07) is 3.97. The van der Waals surface area contributed by atoms with Crippen molar-refractivity contribution < 1.29 is 13.9 Å². The normalized spacial score (nSPS) is 10.8. The Labute approximate surface area is 161 Å². The van der Waals surface area contributed by atoms with E-state index in [9.17, 15) is 4.39 Å². The lowest BCUT2D eigenvalue weighted by molar-refractivity contribution is 0.392. The highest BCUT2D eigenvalue weighted by molar-refractivity contribution is 5.72. The highest BCUT2D eigenvalue weighted by atomic mass is 19.1. The maximum absolute atomic E-state index is 14.0. The third-order valence-corrected chi connectivity index (χ3v) is 4.43. The first-order chi connectivity index (χ1) is 13.0. The highest BCUT2D eigenvalue weighted by Crippen LogP contribution is 2.37. The number of aryl methyl sites for hydroxylation is 2. The molecular weight excluding hydrogens is 345 g/mol. The van der Waals surface area contributed by atoms with E-state index in [1.165, 1.54) is 0 Å². The van der Waals surface area contributed by atoms with Gasteiger partial charge in [0, 0.05) is 13.1 Å². The minimum Gasteiger partial charge on any atom is -0.496 e. The van der Waals surface area contributed by atoms with Crippen LogP contribution in [0.15, 0.2) is 12.1 Å². The molecule has 5 nitrogen and oxygen atoms in total. The molecule has 1 aromatic heterocycles. The van der Waals surface area contributed by atoms with Gasteiger partial charge in [-0.2, -0.15) is 4.98 Å². The Kier molecular flexibility index (Phi) is 7.39. The first-order valence-corrected chi connectivity index (χ1v) is 9.41. The maximum atomic E-state index is 14.0. The summed E-state index contributed by atoms with van der Waals surface area (Å²) in [6.07, 6.45) is 1.89. The molecule has 0 radical (unpaired) electrons. The number of ether oxygens (including phenoxy) is 2. The lowest BCUT2D eigenvalue weighted by Crippen LogP contribution is -2.27. The molecule has 148 valence electrons. The van der Waals surface area contributed by atoms with Crippen LogP contribution >= 0.6 is 0 Å². The number of anilines is 1. The molecule has 0 aliphatic carbocycles. The van der Waals surface area contributed by atoms with Gasteiger partial charge in [-0.05, 0) is 43.9 Å². The van der Waals surface area contributed by atoms with Gasteiger partial charge in [0.15, 0.2) is 5.82 Å². The van der Waals surface area contributed by atoms with Crippen LogP contribution in [0, 0.1) is 13.8 Å². The lowest BCUT2D eigenvalue weighted by Gasteiger charge is -2.27. The Morgan fingerprint density at radius 3 is 2.19 bits per heavy atom. The predicted octanol–water partition coefficient (Wildman–Crippen LogP) is 4.87. The number of nitrogens with zero attached hydrogens (tertiary/aromatic N) is 3. The van der Waals surface area contributed by atoms with Crippen LogP contribution in [0.1, 0.15) is 43.5 Å². The van der Waals surface area contributed by atoms with Crippen molar-refractivity contribution in [1.29, 1.82) is 0 Å². The smallest absolute Gasteiger partial charge is 0.241 e. The van der Waals surface area contributed by atoms with Crippen LogP contribution in [0.3, 0.4) is 0 Å². The fourth-order valence-corrected chi connectivity index (χ4v) is 3.39. The number of benzene rings is 1. The number of aromatic nitrogens is 2. The van der Waals surface area contributed by atoms with E-state index in [4.69, 9.17) is 9.47 Å². The van der Waals surface area contributed by atoms with Gasteiger partial charge in [0.25, 0.3) is 0 Å². The molecule has 2 rings (SSSR count). The van der Waals surface area contributed by atoms with Gasteiger partial charge < -0.3 is 14.4 Å². The Balaban J connectivity index is 2.69. The third kappa shape index (κ3) is 4.49. The van der Waals surface area contributed by atoms with E-state index in [1.54, 1.807) is 14.2 Å². The van der Waals surface area contributed by atoms with Crippen molar-refractivity contribution in [3.8, 4) is 23.0 Å². The Morgan fingerprint density at radius 2 is 1.67 bits per heavy atom. The maximum Gasteiger partial charge on any atom is 0.241 e. The highest BCUT2D eigenvalue weighted by Gasteiger charge is 2.23. The summed E-state index contributed by atoms with van der Waals surface area (Å²) in [5.41, 5.74) is 3.82. The average Bonchev–Trinajstić information content (AvgIpc) is 2.66. The molecular formula is C21H30FN3O2. The van der Waals surface area contributed by atoms with Crippen LogP contribution in [0.4, 0.5) is 10.1 Å². The van der Waals surface area contributed by atoms with Crippen LogP contribution < -0.4 is 14.4 Å². The number of halogens is 1. The summed E-state index contributed by atoms with van der Waals surface area (Å²) < 4.78 is 25.1. The van der Waals surface area contributed by atoms with Crippen molar-refractivity contribution in [3.63, 3.8) is 0 Å². The summed E-state index contributed by atoms with van der Waals surface area (Å²) in [5.74, 6) is 1.49. The second kappa shape index (κ2) is 9.53. The monoisotopic (exact) mass is 375 g/mol. The minimum absolute atomic E-state index is 0.348. The van der Waals surface area contributed by atoms with Crippen molar-refractivity contribution in [1.82, 2.24) is 9.97 Å². The fourth-order valence-electron chi connectivity index (χ4n) is 3.39. The van der Waals surface area contributed by atoms with Crippen LogP contribution in [0.2, 0.25) is 0 Å². The molecule has 0 aliphatic rings. The molecule has 0 aliphatic heterocycles. The zero-order chi connectivity index (χ0) is 20.0. The summed E-state index contributed by atoms with van der Waals surface area (Å²) in [4.78, 5) is 11.3. The molecule has 0 saturated carbocycles. The van der Waals surface area contributed by atoms with Gasteiger partial charge in [0.2, 0.25) is 5.88 Å². The number of hydrogen-bond acceptors (Lipinski definition) is 5. The first-order valence-electron chi connectivity index (χ1n) is 9.41. The van der Waals surface area contributed by atoms with Gasteiger partial charge in [-0.15, -0.1) is 0 Å². The summed E-state index contributed by atoms with van der Waals surface area (Å²) >= 11 is 0. The molecule has 1 heterocycles. The molecule has 0 N–H and O–H groups in total. The average molecular weight is 375 g/mol. The van der Waals surface area contributed by atoms with Gasteiger partial charge in [-0.25, -0.2) is 9.37 Å². The molecule has 0 saturated heterocycles. The predicted molar refractivity (Wildman–Crippen MR) is 108 cm³/mol. The van der Waals surface area contributed by atoms with E-state index in [-0.39, 0.29) is 0 Å². The number of hydrogen-bond donors (Lipinski definition) is 0. The molecule has 1 aromatic carbocycles. The van der Waals surface area contributed by atoms with Crippen molar-refractivity contribution in [3.05, 3.63) is 29.0 Å². The molecule has 0 amide bonds. The van der Waals surface area contributed by atoms with Crippen LogP contribution in [-0.2, 0) is 6.67 Å². The Morgan fingerprint density at radius 1 is 1.00 bits per heavy atom. The van der Waals surface area contributed by atoms with Gasteiger partial charge in [0.1, 0.15) is 23.8 Å². The molecule has 0 fully saturated rings. The second-order valence-electron chi connectivity index (χ2n) is 6.63. The molecule has 0 spiro atoms. The third-order valence-electron chi connectivity index (χ3n) is 4.43. The fraction of sp³-hybridized carbons (Fsp3) is 0.524. The van der Waals surface area contributed by atoms with Crippen LogP contribution in [0.5, 0.6) is 11.6 Å². The van der Waals surface area contributed by atoms with E-state index in [2.05, 4.69) is 28.7 Å². The van der Waals surface area contributed by atoms with Gasteiger partial charge in [-0.1, -0.05) is 19.9 Å². The van der Waals surface area contributed by atoms with Crippen LogP contribution in [-0.4, -0.2) is 37.3 Å². The summed E-state index contributed by atoms with van der Waals surface area (Å²) in [7, 11) is 3.18.